The minimum atomic E-state index is -0.00795. The van der Waals surface area contributed by atoms with Gasteiger partial charge in [0.2, 0.25) is 0 Å². The summed E-state index contributed by atoms with van der Waals surface area (Å²) in [6.45, 7) is 3.25. The quantitative estimate of drug-likeness (QED) is 0.818. The maximum Gasteiger partial charge on any atom is 0.161 e. The SMILES string of the molecule is CN(Cc1ccc2c(c1)OCCO2)[C@H]1COC[C@H]1Oc1cnn(C)c1. The van der Waals surface area contributed by atoms with Gasteiger partial charge < -0.3 is 18.9 Å². The fourth-order valence-corrected chi connectivity index (χ4v) is 3.27. The van der Waals surface area contributed by atoms with E-state index in [-0.39, 0.29) is 12.1 Å². The van der Waals surface area contributed by atoms with Crippen LogP contribution in [0.15, 0.2) is 30.6 Å². The van der Waals surface area contributed by atoms with Gasteiger partial charge in [0.15, 0.2) is 17.2 Å². The zero-order chi connectivity index (χ0) is 17.2. The Hall–Kier alpha value is -2.25. The van der Waals surface area contributed by atoms with Crippen LogP contribution in [0.1, 0.15) is 5.56 Å². The topological polar surface area (TPSA) is 58.0 Å². The van der Waals surface area contributed by atoms with E-state index in [9.17, 15) is 0 Å². The highest BCUT2D eigenvalue weighted by Gasteiger charge is 2.33. The van der Waals surface area contributed by atoms with Crippen molar-refractivity contribution < 1.29 is 18.9 Å². The van der Waals surface area contributed by atoms with Crippen LogP contribution in [0.5, 0.6) is 17.2 Å². The van der Waals surface area contributed by atoms with Gasteiger partial charge in [-0.3, -0.25) is 9.58 Å². The Bertz CT molecular complexity index is 733. The smallest absolute Gasteiger partial charge is 0.161 e. The first-order chi connectivity index (χ1) is 12.2. The number of nitrogens with zero attached hydrogens (tertiary/aromatic N) is 3. The second-order valence-corrected chi connectivity index (χ2v) is 6.50. The number of likely N-dealkylation sites (N-methyl/N-ethyl adjacent to an activating group) is 1. The monoisotopic (exact) mass is 345 g/mol. The third-order valence-corrected chi connectivity index (χ3v) is 4.57. The summed E-state index contributed by atoms with van der Waals surface area (Å²) in [6, 6.07) is 6.30. The number of hydrogen-bond acceptors (Lipinski definition) is 6. The van der Waals surface area contributed by atoms with Crippen LogP contribution in [0.2, 0.25) is 0 Å². The summed E-state index contributed by atoms with van der Waals surface area (Å²) in [4.78, 5) is 2.26. The zero-order valence-corrected chi connectivity index (χ0v) is 14.6. The molecule has 0 bridgehead atoms. The molecule has 1 fully saturated rings. The molecular weight excluding hydrogens is 322 g/mol. The molecule has 4 rings (SSSR count). The molecule has 0 N–H and O–H groups in total. The number of rotatable bonds is 5. The van der Waals surface area contributed by atoms with Crippen molar-refractivity contribution in [2.45, 2.75) is 18.7 Å². The van der Waals surface area contributed by atoms with Crippen LogP contribution in [0.3, 0.4) is 0 Å². The van der Waals surface area contributed by atoms with Crippen molar-refractivity contribution >= 4 is 0 Å². The predicted octanol–water partition coefficient (Wildman–Crippen LogP) is 1.47. The average Bonchev–Trinajstić information content (AvgIpc) is 3.24. The lowest BCUT2D eigenvalue weighted by atomic mass is 10.1. The van der Waals surface area contributed by atoms with Gasteiger partial charge in [0, 0.05) is 13.6 Å². The van der Waals surface area contributed by atoms with Gasteiger partial charge in [-0.05, 0) is 24.7 Å². The third kappa shape index (κ3) is 3.57. The molecule has 134 valence electrons. The predicted molar refractivity (Wildman–Crippen MR) is 91.1 cm³/mol. The van der Waals surface area contributed by atoms with Crippen LogP contribution < -0.4 is 14.2 Å². The second kappa shape index (κ2) is 6.93. The number of aromatic nitrogens is 2. The Kier molecular flexibility index (Phi) is 4.50. The van der Waals surface area contributed by atoms with E-state index in [1.165, 1.54) is 5.56 Å². The number of aryl methyl sites for hydroxylation is 1. The summed E-state index contributed by atoms with van der Waals surface area (Å²) in [5, 5.41) is 4.15. The molecule has 0 radical (unpaired) electrons. The molecule has 1 aromatic carbocycles. The molecule has 2 aliphatic heterocycles. The first-order valence-electron chi connectivity index (χ1n) is 8.51. The van der Waals surface area contributed by atoms with E-state index >= 15 is 0 Å². The van der Waals surface area contributed by atoms with E-state index in [2.05, 4.69) is 29.2 Å². The van der Waals surface area contributed by atoms with Gasteiger partial charge >= 0.3 is 0 Å². The van der Waals surface area contributed by atoms with Gasteiger partial charge in [0.1, 0.15) is 19.3 Å². The summed E-state index contributed by atoms with van der Waals surface area (Å²) in [7, 11) is 3.97. The summed E-state index contributed by atoms with van der Waals surface area (Å²) >= 11 is 0. The Balaban J connectivity index is 1.42. The molecule has 2 atom stereocenters. The van der Waals surface area contributed by atoms with Crippen LogP contribution in [-0.4, -0.2) is 60.3 Å². The maximum absolute atomic E-state index is 6.06. The van der Waals surface area contributed by atoms with E-state index in [1.807, 2.05) is 19.3 Å². The molecule has 0 saturated carbocycles. The average molecular weight is 345 g/mol. The number of benzene rings is 1. The number of ether oxygens (including phenoxy) is 4. The highest BCUT2D eigenvalue weighted by atomic mass is 16.6. The lowest BCUT2D eigenvalue weighted by Crippen LogP contribution is -2.42. The van der Waals surface area contributed by atoms with Gasteiger partial charge in [-0.15, -0.1) is 0 Å². The van der Waals surface area contributed by atoms with Crippen molar-refractivity contribution in [3.05, 3.63) is 36.2 Å². The van der Waals surface area contributed by atoms with Crippen molar-refractivity contribution in [1.82, 2.24) is 14.7 Å². The molecule has 2 aromatic rings. The minimum Gasteiger partial charge on any atom is -0.486 e. The standard InChI is InChI=1S/C18H23N3O4/c1-20(9-13-3-4-16-17(7-13)24-6-5-23-16)15-11-22-12-18(15)25-14-8-19-21(2)10-14/h3-4,7-8,10,15,18H,5-6,9,11-12H2,1-2H3/t15-,18+/m0/s1. The zero-order valence-electron chi connectivity index (χ0n) is 14.6. The van der Waals surface area contributed by atoms with E-state index < -0.39 is 0 Å². The molecule has 1 saturated heterocycles. The van der Waals surface area contributed by atoms with Gasteiger partial charge in [0.05, 0.1) is 31.6 Å². The Morgan fingerprint density at radius 1 is 1.24 bits per heavy atom. The summed E-state index contributed by atoms with van der Waals surface area (Å²) in [5.74, 6) is 2.42. The molecule has 0 spiro atoms. The summed E-state index contributed by atoms with van der Waals surface area (Å²) in [6.07, 6.45) is 3.60. The maximum atomic E-state index is 6.06. The Morgan fingerprint density at radius 2 is 2.08 bits per heavy atom. The van der Waals surface area contributed by atoms with Gasteiger partial charge in [-0.25, -0.2) is 0 Å². The second-order valence-electron chi connectivity index (χ2n) is 6.50. The fraction of sp³-hybridized carbons (Fsp3) is 0.500. The van der Waals surface area contributed by atoms with Crippen LogP contribution in [0, 0.1) is 0 Å². The van der Waals surface area contributed by atoms with E-state index in [1.54, 1.807) is 10.9 Å². The van der Waals surface area contributed by atoms with E-state index in [0.717, 1.165) is 23.8 Å². The molecule has 0 amide bonds. The summed E-state index contributed by atoms with van der Waals surface area (Å²) in [5.41, 5.74) is 1.18. The lowest BCUT2D eigenvalue weighted by molar-refractivity contribution is 0.112. The molecule has 7 nitrogen and oxygen atoms in total. The van der Waals surface area contributed by atoms with Crippen molar-refractivity contribution in [3.8, 4) is 17.2 Å². The van der Waals surface area contributed by atoms with E-state index in [0.29, 0.717) is 26.4 Å². The molecular formula is C18H23N3O4. The van der Waals surface area contributed by atoms with Crippen LogP contribution in [0.25, 0.3) is 0 Å². The largest absolute Gasteiger partial charge is 0.486 e. The molecule has 0 aliphatic carbocycles. The first kappa shape index (κ1) is 16.2. The fourth-order valence-electron chi connectivity index (χ4n) is 3.27. The number of hydrogen-bond donors (Lipinski definition) is 0. The van der Waals surface area contributed by atoms with Crippen LogP contribution >= 0.6 is 0 Å². The molecule has 2 aliphatic rings. The van der Waals surface area contributed by atoms with Gasteiger partial charge in [0.25, 0.3) is 0 Å². The Labute approximate surface area is 147 Å². The first-order valence-corrected chi connectivity index (χ1v) is 8.51. The van der Waals surface area contributed by atoms with E-state index in [4.69, 9.17) is 18.9 Å². The van der Waals surface area contributed by atoms with Gasteiger partial charge in [-0.2, -0.15) is 5.10 Å². The van der Waals surface area contributed by atoms with Crippen molar-refractivity contribution in [2.24, 2.45) is 7.05 Å². The van der Waals surface area contributed by atoms with Crippen molar-refractivity contribution in [1.29, 1.82) is 0 Å². The van der Waals surface area contributed by atoms with Gasteiger partial charge in [-0.1, -0.05) is 6.07 Å². The van der Waals surface area contributed by atoms with Crippen molar-refractivity contribution in [2.75, 3.05) is 33.5 Å². The van der Waals surface area contributed by atoms with Crippen LogP contribution in [-0.2, 0) is 18.3 Å². The molecule has 25 heavy (non-hydrogen) atoms. The lowest BCUT2D eigenvalue weighted by Gasteiger charge is -2.28. The Morgan fingerprint density at radius 3 is 2.88 bits per heavy atom. The highest BCUT2D eigenvalue weighted by Crippen LogP contribution is 2.31. The molecule has 3 heterocycles. The number of fused-ring (bicyclic) bond motifs is 1. The minimum absolute atomic E-state index is 0.00795. The molecule has 7 heteroatoms. The molecule has 1 aromatic heterocycles. The normalized spacial score (nSPS) is 22.4. The van der Waals surface area contributed by atoms with Crippen LogP contribution in [0.4, 0.5) is 0 Å². The molecule has 0 unspecified atom stereocenters. The highest BCUT2D eigenvalue weighted by molar-refractivity contribution is 5.43. The third-order valence-electron chi connectivity index (χ3n) is 4.57. The summed E-state index contributed by atoms with van der Waals surface area (Å²) < 4.78 is 24.7. The van der Waals surface area contributed by atoms with Crippen molar-refractivity contribution in [3.63, 3.8) is 0 Å².